The van der Waals surface area contributed by atoms with Gasteiger partial charge in [0.25, 0.3) is 0 Å². The Labute approximate surface area is 216 Å². The summed E-state index contributed by atoms with van der Waals surface area (Å²) in [6, 6.07) is 15.0. The first kappa shape index (κ1) is 26.4. The molecule has 37 heavy (non-hydrogen) atoms. The average molecular weight is 507 g/mol. The molecule has 2 aromatic carbocycles. The van der Waals surface area contributed by atoms with E-state index >= 15 is 0 Å². The largest absolute Gasteiger partial charge is 0.481 e. The minimum atomic E-state index is -0.903. The average Bonchev–Trinajstić information content (AvgIpc) is 2.90. The van der Waals surface area contributed by atoms with E-state index in [9.17, 15) is 29.4 Å². The van der Waals surface area contributed by atoms with E-state index in [1.807, 2.05) is 48.5 Å². The van der Waals surface area contributed by atoms with E-state index in [0.717, 1.165) is 36.8 Å². The highest BCUT2D eigenvalue weighted by Crippen LogP contribution is 2.32. The summed E-state index contributed by atoms with van der Waals surface area (Å²) in [5.41, 5.74) is 3.37. The molecular weight excluding hydrogens is 472 g/mol. The summed E-state index contributed by atoms with van der Waals surface area (Å²) in [7, 11) is 0. The fourth-order valence-corrected chi connectivity index (χ4v) is 5.60. The van der Waals surface area contributed by atoms with Gasteiger partial charge in [-0.3, -0.25) is 19.2 Å². The number of amides is 2. The number of aliphatic carboxylic acids is 2. The SMILES string of the molecule is O=C(Nc1ccc(Cc2ccc(NC(=O)[C@H]3CCCC[C@H]3C(=O)O)cc2)cc1)[C@H]1CCCC[C@H]1C(=O)O. The summed E-state index contributed by atoms with van der Waals surface area (Å²) < 4.78 is 0. The maximum Gasteiger partial charge on any atom is 0.307 e. The molecule has 2 aliphatic rings. The first-order chi connectivity index (χ1) is 17.8. The van der Waals surface area contributed by atoms with Crippen molar-refractivity contribution in [3.8, 4) is 0 Å². The number of carbonyl (C=O) groups excluding carboxylic acids is 2. The number of carbonyl (C=O) groups is 4. The topological polar surface area (TPSA) is 133 Å². The van der Waals surface area contributed by atoms with Crippen LogP contribution < -0.4 is 10.6 Å². The quantitative estimate of drug-likeness (QED) is 0.401. The van der Waals surface area contributed by atoms with Gasteiger partial charge in [0.05, 0.1) is 23.7 Å². The lowest BCUT2D eigenvalue weighted by Crippen LogP contribution is -2.36. The first-order valence-electron chi connectivity index (χ1n) is 13.1. The van der Waals surface area contributed by atoms with Gasteiger partial charge in [-0.2, -0.15) is 0 Å². The van der Waals surface area contributed by atoms with Crippen molar-refractivity contribution in [2.75, 3.05) is 10.6 Å². The molecule has 0 aliphatic heterocycles. The van der Waals surface area contributed by atoms with Crippen molar-refractivity contribution in [2.45, 2.75) is 57.8 Å². The van der Waals surface area contributed by atoms with E-state index in [2.05, 4.69) is 10.6 Å². The fraction of sp³-hybridized carbons (Fsp3) is 0.448. The van der Waals surface area contributed by atoms with Crippen LogP contribution in [-0.2, 0) is 25.6 Å². The van der Waals surface area contributed by atoms with Gasteiger partial charge in [0.2, 0.25) is 11.8 Å². The van der Waals surface area contributed by atoms with Crippen LogP contribution in [0.2, 0.25) is 0 Å². The molecule has 0 unspecified atom stereocenters. The lowest BCUT2D eigenvalue weighted by atomic mass is 9.78. The molecule has 0 spiro atoms. The Morgan fingerprint density at radius 1 is 0.568 bits per heavy atom. The summed E-state index contributed by atoms with van der Waals surface area (Å²) in [4.78, 5) is 48.4. The Bertz CT molecular complexity index is 1040. The number of rotatable bonds is 8. The normalized spacial score (nSPS) is 23.6. The smallest absolute Gasteiger partial charge is 0.307 e. The molecular formula is C29H34N2O6. The molecule has 2 saturated carbocycles. The number of carboxylic acids is 2. The summed E-state index contributed by atoms with van der Waals surface area (Å²) in [6.45, 7) is 0. The van der Waals surface area contributed by atoms with Crippen molar-refractivity contribution in [3.05, 3.63) is 59.7 Å². The number of carboxylic acid groups (broad SMARTS) is 2. The molecule has 0 bridgehead atoms. The van der Waals surface area contributed by atoms with E-state index in [4.69, 9.17) is 0 Å². The summed E-state index contributed by atoms with van der Waals surface area (Å²) >= 11 is 0. The van der Waals surface area contributed by atoms with Gasteiger partial charge in [-0.25, -0.2) is 0 Å². The summed E-state index contributed by atoms with van der Waals surface area (Å²) in [5.74, 6) is -4.53. The van der Waals surface area contributed by atoms with Gasteiger partial charge in [0.15, 0.2) is 0 Å². The van der Waals surface area contributed by atoms with Gasteiger partial charge in [0.1, 0.15) is 0 Å². The Hall–Kier alpha value is -3.68. The van der Waals surface area contributed by atoms with Gasteiger partial charge < -0.3 is 20.8 Å². The van der Waals surface area contributed by atoms with E-state index in [1.54, 1.807) is 0 Å². The van der Waals surface area contributed by atoms with Crippen LogP contribution in [-0.4, -0.2) is 34.0 Å². The van der Waals surface area contributed by atoms with Crippen LogP contribution in [0.15, 0.2) is 48.5 Å². The van der Waals surface area contributed by atoms with Crippen LogP contribution in [0.3, 0.4) is 0 Å². The second-order valence-corrected chi connectivity index (χ2v) is 10.2. The van der Waals surface area contributed by atoms with Crippen LogP contribution in [0, 0.1) is 23.7 Å². The van der Waals surface area contributed by atoms with Crippen molar-refractivity contribution < 1.29 is 29.4 Å². The maximum atomic E-state index is 12.7. The highest BCUT2D eigenvalue weighted by molar-refractivity contribution is 5.96. The molecule has 2 aliphatic carbocycles. The van der Waals surface area contributed by atoms with Gasteiger partial charge in [-0.15, -0.1) is 0 Å². The third-order valence-corrected chi connectivity index (χ3v) is 7.69. The third kappa shape index (κ3) is 6.76. The van der Waals surface area contributed by atoms with Crippen LogP contribution in [0.5, 0.6) is 0 Å². The summed E-state index contributed by atoms with van der Waals surface area (Å²) in [5, 5.41) is 24.6. The van der Waals surface area contributed by atoms with Crippen molar-refractivity contribution >= 4 is 35.1 Å². The van der Waals surface area contributed by atoms with Gasteiger partial charge in [0, 0.05) is 11.4 Å². The van der Waals surface area contributed by atoms with E-state index < -0.39 is 35.6 Å². The lowest BCUT2D eigenvalue weighted by Gasteiger charge is -2.27. The van der Waals surface area contributed by atoms with Crippen LogP contribution in [0.4, 0.5) is 11.4 Å². The minimum absolute atomic E-state index is 0.236. The Morgan fingerprint density at radius 3 is 1.22 bits per heavy atom. The molecule has 0 heterocycles. The van der Waals surface area contributed by atoms with Crippen molar-refractivity contribution in [3.63, 3.8) is 0 Å². The number of hydrogen-bond acceptors (Lipinski definition) is 4. The number of benzene rings is 2. The zero-order valence-corrected chi connectivity index (χ0v) is 20.8. The van der Waals surface area contributed by atoms with Crippen LogP contribution >= 0.6 is 0 Å². The third-order valence-electron chi connectivity index (χ3n) is 7.69. The molecule has 4 rings (SSSR count). The summed E-state index contributed by atoms with van der Waals surface area (Å²) in [6.07, 6.45) is 6.35. The van der Waals surface area contributed by atoms with Gasteiger partial charge in [-0.05, 0) is 67.5 Å². The Balaban J connectivity index is 1.31. The van der Waals surface area contributed by atoms with Gasteiger partial charge >= 0.3 is 11.9 Å². The predicted molar refractivity (Wildman–Crippen MR) is 139 cm³/mol. The van der Waals surface area contributed by atoms with Gasteiger partial charge in [-0.1, -0.05) is 49.9 Å². The molecule has 4 N–H and O–H groups in total. The van der Waals surface area contributed by atoms with Crippen molar-refractivity contribution in [1.82, 2.24) is 0 Å². The molecule has 196 valence electrons. The molecule has 4 atom stereocenters. The number of anilines is 2. The number of hydrogen-bond donors (Lipinski definition) is 4. The molecule has 2 aromatic rings. The fourth-order valence-electron chi connectivity index (χ4n) is 5.60. The standard InChI is InChI=1S/C29H34N2O6/c32-26(22-5-1-3-7-24(22)28(34)35)30-20-13-9-18(10-14-20)17-19-11-15-21(16-12-19)31-27(33)23-6-2-4-8-25(23)29(36)37/h9-16,22-25H,1-8,17H2,(H,30,32)(H,31,33)(H,34,35)(H,36,37)/t22-,23-,24+,25+/m0/s1. The zero-order valence-electron chi connectivity index (χ0n) is 20.8. The lowest BCUT2D eigenvalue weighted by molar-refractivity contribution is -0.148. The molecule has 2 fully saturated rings. The Kier molecular flexibility index (Phi) is 8.58. The molecule has 2 amide bonds. The molecule has 0 aromatic heterocycles. The van der Waals surface area contributed by atoms with E-state index in [-0.39, 0.29) is 11.8 Å². The minimum Gasteiger partial charge on any atom is -0.481 e. The monoisotopic (exact) mass is 506 g/mol. The number of nitrogens with one attached hydrogen (secondary N) is 2. The second-order valence-electron chi connectivity index (χ2n) is 10.2. The highest BCUT2D eigenvalue weighted by atomic mass is 16.4. The maximum absolute atomic E-state index is 12.7. The molecule has 0 radical (unpaired) electrons. The zero-order chi connectivity index (χ0) is 26.4. The Morgan fingerprint density at radius 2 is 0.892 bits per heavy atom. The van der Waals surface area contributed by atoms with Crippen molar-refractivity contribution in [2.24, 2.45) is 23.7 Å². The predicted octanol–water partition coefficient (Wildman–Crippen LogP) is 4.94. The van der Waals surface area contributed by atoms with E-state index in [0.29, 0.717) is 43.5 Å². The first-order valence-corrected chi connectivity index (χ1v) is 13.1. The molecule has 8 nitrogen and oxygen atoms in total. The highest BCUT2D eigenvalue weighted by Gasteiger charge is 2.36. The van der Waals surface area contributed by atoms with E-state index in [1.165, 1.54) is 0 Å². The molecule has 0 saturated heterocycles. The van der Waals surface area contributed by atoms with Crippen molar-refractivity contribution in [1.29, 1.82) is 0 Å². The van der Waals surface area contributed by atoms with Crippen LogP contribution in [0.1, 0.15) is 62.5 Å². The molecule has 8 heteroatoms. The van der Waals surface area contributed by atoms with Crippen LogP contribution in [0.25, 0.3) is 0 Å². The second kappa shape index (κ2) is 12.0.